The molecule has 0 spiro atoms. The molecule has 92 valence electrons. The van der Waals surface area contributed by atoms with Crippen molar-refractivity contribution in [3.8, 4) is 0 Å². The molecule has 0 aliphatic carbocycles. The maximum Gasteiger partial charge on any atom is 0.256 e. The number of amides is 1. The maximum atomic E-state index is 13.5. The molecule has 1 aromatic rings. The highest BCUT2D eigenvalue weighted by Gasteiger charge is 2.25. The standard InChI is InChI=1S/C12H15FN2O2/c13-11-4-2-1-3-10(11)12(16)15-5-6-17-9(7-14)8-15/h1-4,9H,5-8,14H2/t9-/m0/s1. The van der Waals surface area contributed by atoms with E-state index in [-0.39, 0.29) is 17.6 Å². The van der Waals surface area contributed by atoms with Crippen molar-refractivity contribution in [2.75, 3.05) is 26.2 Å². The average molecular weight is 238 g/mol. The SMILES string of the molecule is NC[C@H]1CN(C(=O)c2ccccc2F)CCO1. The molecule has 0 unspecified atom stereocenters. The highest BCUT2D eigenvalue weighted by molar-refractivity contribution is 5.94. The van der Waals surface area contributed by atoms with Gasteiger partial charge in [-0.1, -0.05) is 12.1 Å². The van der Waals surface area contributed by atoms with Crippen LogP contribution in [0.2, 0.25) is 0 Å². The summed E-state index contributed by atoms with van der Waals surface area (Å²) >= 11 is 0. The van der Waals surface area contributed by atoms with Gasteiger partial charge in [-0.15, -0.1) is 0 Å². The molecule has 2 N–H and O–H groups in total. The number of carbonyl (C=O) groups excluding carboxylic acids is 1. The van der Waals surface area contributed by atoms with E-state index in [1.54, 1.807) is 17.0 Å². The average Bonchev–Trinajstić information content (AvgIpc) is 2.38. The van der Waals surface area contributed by atoms with E-state index >= 15 is 0 Å². The molecule has 4 nitrogen and oxygen atoms in total. The first-order chi connectivity index (χ1) is 8.22. The van der Waals surface area contributed by atoms with Crippen molar-refractivity contribution in [3.63, 3.8) is 0 Å². The predicted molar refractivity (Wildman–Crippen MR) is 61.1 cm³/mol. The van der Waals surface area contributed by atoms with Gasteiger partial charge in [0, 0.05) is 19.6 Å². The van der Waals surface area contributed by atoms with Gasteiger partial charge in [-0.05, 0) is 12.1 Å². The number of halogens is 1. The Balaban J connectivity index is 2.12. The van der Waals surface area contributed by atoms with Gasteiger partial charge >= 0.3 is 0 Å². The normalized spacial score (nSPS) is 20.4. The van der Waals surface area contributed by atoms with Crippen LogP contribution in [0.3, 0.4) is 0 Å². The van der Waals surface area contributed by atoms with E-state index in [1.165, 1.54) is 12.1 Å². The number of hydrogen-bond donors (Lipinski definition) is 1. The van der Waals surface area contributed by atoms with Crippen LogP contribution in [0, 0.1) is 5.82 Å². The first-order valence-electron chi connectivity index (χ1n) is 5.58. The van der Waals surface area contributed by atoms with E-state index in [0.29, 0.717) is 26.2 Å². The number of morpholine rings is 1. The van der Waals surface area contributed by atoms with Crippen LogP contribution >= 0.6 is 0 Å². The fourth-order valence-electron chi connectivity index (χ4n) is 1.85. The number of nitrogens with two attached hydrogens (primary N) is 1. The lowest BCUT2D eigenvalue weighted by Gasteiger charge is -2.32. The molecule has 0 radical (unpaired) electrons. The van der Waals surface area contributed by atoms with E-state index in [9.17, 15) is 9.18 Å². The summed E-state index contributed by atoms with van der Waals surface area (Å²) in [7, 11) is 0. The molecule has 17 heavy (non-hydrogen) atoms. The third kappa shape index (κ3) is 2.62. The van der Waals surface area contributed by atoms with Gasteiger partial charge in [0.25, 0.3) is 5.91 Å². The molecule has 1 aliphatic heterocycles. The number of rotatable bonds is 2. The van der Waals surface area contributed by atoms with Gasteiger partial charge < -0.3 is 15.4 Å². The Morgan fingerprint density at radius 2 is 2.29 bits per heavy atom. The van der Waals surface area contributed by atoms with E-state index < -0.39 is 5.82 Å². The summed E-state index contributed by atoms with van der Waals surface area (Å²) in [5.41, 5.74) is 5.60. The second-order valence-corrected chi connectivity index (χ2v) is 3.96. The maximum absolute atomic E-state index is 13.5. The lowest BCUT2D eigenvalue weighted by Crippen LogP contribution is -2.48. The molecule has 1 aromatic carbocycles. The summed E-state index contributed by atoms with van der Waals surface area (Å²) < 4.78 is 18.8. The van der Waals surface area contributed by atoms with E-state index in [1.807, 2.05) is 0 Å². The Hall–Kier alpha value is -1.46. The van der Waals surface area contributed by atoms with Gasteiger partial charge in [0.1, 0.15) is 5.82 Å². The Labute approximate surface area is 99.2 Å². The largest absolute Gasteiger partial charge is 0.373 e. The molecule has 1 aliphatic rings. The Morgan fingerprint density at radius 1 is 1.53 bits per heavy atom. The molecular formula is C12H15FN2O2. The van der Waals surface area contributed by atoms with Crippen LogP contribution < -0.4 is 5.73 Å². The van der Waals surface area contributed by atoms with Gasteiger partial charge in [0.2, 0.25) is 0 Å². The summed E-state index contributed by atoms with van der Waals surface area (Å²) in [6.45, 7) is 1.70. The van der Waals surface area contributed by atoms with Gasteiger partial charge in [0.15, 0.2) is 0 Å². The zero-order valence-electron chi connectivity index (χ0n) is 9.43. The number of benzene rings is 1. The van der Waals surface area contributed by atoms with Crippen LogP contribution in [0.5, 0.6) is 0 Å². The second-order valence-electron chi connectivity index (χ2n) is 3.96. The Bertz CT molecular complexity index is 411. The minimum atomic E-state index is -0.492. The summed E-state index contributed by atoms with van der Waals surface area (Å²) in [6.07, 6.45) is -0.153. The monoisotopic (exact) mass is 238 g/mol. The van der Waals surface area contributed by atoms with Gasteiger partial charge in [-0.25, -0.2) is 4.39 Å². The van der Waals surface area contributed by atoms with Crippen molar-refractivity contribution in [2.45, 2.75) is 6.10 Å². The van der Waals surface area contributed by atoms with Gasteiger partial charge in [-0.2, -0.15) is 0 Å². The van der Waals surface area contributed by atoms with Crippen LogP contribution in [-0.2, 0) is 4.74 Å². The Morgan fingerprint density at radius 3 is 3.00 bits per heavy atom. The predicted octanol–water partition coefficient (Wildman–Crippen LogP) is 0.625. The number of nitrogens with zero attached hydrogens (tertiary/aromatic N) is 1. The third-order valence-corrected chi connectivity index (χ3v) is 2.79. The van der Waals surface area contributed by atoms with Crippen LogP contribution in [-0.4, -0.2) is 43.2 Å². The van der Waals surface area contributed by atoms with Gasteiger partial charge in [0.05, 0.1) is 18.3 Å². The first kappa shape index (κ1) is 12.0. The smallest absolute Gasteiger partial charge is 0.256 e. The highest BCUT2D eigenvalue weighted by atomic mass is 19.1. The fraction of sp³-hybridized carbons (Fsp3) is 0.417. The van der Waals surface area contributed by atoms with Crippen LogP contribution in [0.15, 0.2) is 24.3 Å². The fourth-order valence-corrected chi connectivity index (χ4v) is 1.85. The van der Waals surface area contributed by atoms with Crippen molar-refractivity contribution in [1.29, 1.82) is 0 Å². The molecule has 5 heteroatoms. The lowest BCUT2D eigenvalue weighted by atomic mass is 10.1. The number of carbonyl (C=O) groups is 1. The van der Waals surface area contributed by atoms with Gasteiger partial charge in [-0.3, -0.25) is 4.79 Å². The quantitative estimate of drug-likeness (QED) is 0.822. The van der Waals surface area contributed by atoms with Crippen LogP contribution in [0.1, 0.15) is 10.4 Å². The van der Waals surface area contributed by atoms with Crippen molar-refractivity contribution in [1.82, 2.24) is 4.90 Å². The van der Waals surface area contributed by atoms with Crippen LogP contribution in [0.4, 0.5) is 4.39 Å². The summed E-state index contributed by atoms with van der Waals surface area (Å²) in [6, 6.07) is 5.99. The first-order valence-corrected chi connectivity index (χ1v) is 5.58. The van der Waals surface area contributed by atoms with Crippen molar-refractivity contribution >= 4 is 5.91 Å². The summed E-state index contributed by atoms with van der Waals surface area (Å²) in [4.78, 5) is 13.7. The lowest BCUT2D eigenvalue weighted by molar-refractivity contribution is -0.0169. The molecule has 0 bridgehead atoms. The van der Waals surface area contributed by atoms with Crippen molar-refractivity contribution in [2.24, 2.45) is 5.73 Å². The zero-order chi connectivity index (χ0) is 12.3. The molecule has 0 aromatic heterocycles. The molecule has 2 rings (SSSR count). The molecule has 1 fully saturated rings. The topological polar surface area (TPSA) is 55.6 Å². The second kappa shape index (κ2) is 5.25. The number of hydrogen-bond acceptors (Lipinski definition) is 3. The highest BCUT2D eigenvalue weighted by Crippen LogP contribution is 2.13. The summed E-state index contributed by atoms with van der Waals surface area (Å²) in [5, 5.41) is 0. The molecule has 1 atom stereocenters. The molecular weight excluding hydrogens is 223 g/mol. The molecule has 0 saturated carbocycles. The van der Waals surface area contributed by atoms with E-state index in [0.717, 1.165) is 0 Å². The van der Waals surface area contributed by atoms with E-state index in [2.05, 4.69) is 0 Å². The van der Waals surface area contributed by atoms with Crippen molar-refractivity contribution in [3.05, 3.63) is 35.6 Å². The minimum absolute atomic E-state index is 0.102. The Kier molecular flexibility index (Phi) is 3.71. The zero-order valence-corrected chi connectivity index (χ0v) is 9.43. The summed E-state index contributed by atoms with van der Waals surface area (Å²) in [5.74, 6) is -0.793. The molecule has 1 amide bonds. The molecule has 1 heterocycles. The van der Waals surface area contributed by atoms with Crippen LogP contribution in [0.25, 0.3) is 0 Å². The minimum Gasteiger partial charge on any atom is -0.373 e. The molecule has 1 saturated heterocycles. The number of ether oxygens (including phenoxy) is 1. The van der Waals surface area contributed by atoms with E-state index in [4.69, 9.17) is 10.5 Å². The third-order valence-electron chi connectivity index (χ3n) is 2.79. The van der Waals surface area contributed by atoms with Crippen molar-refractivity contribution < 1.29 is 13.9 Å².